The van der Waals surface area contributed by atoms with Crippen LogP contribution in [-0.4, -0.2) is 0 Å². The summed E-state index contributed by atoms with van der Waals surface area (Å²) in [5.74, 6) is 1.05. The number of rotatable bonds is 3. The lowest BCUT2D eigenvalue weighted by Gasteiger charge is -2.10. The fourth-order valence-corrected chi connectivity index (χ4v) is 2.63. The van der Waals surface area contributed by atoms with Crippen LogP contribution in [0.1, 0.15) is 11.1 Å². The van der Waals surface area contributed by atoms with Gasteiger partial charge in [0.2, 0.25) is 0 Å². The summed E-state index contributed by atoms with van der Waals surface area (Å²) in [4.78, 5) is 0. The maximum Gasteiger partial charge on any atom is 0.141 e. The van der Waals surface area contributed by atoms with E-state index in [0.717, 1.165) is 16.6 Å². The summed E-state index contributed by atoms with van der Waals surface area (Å²) < 4.78 is 19.3. The van der Waals surface area contributed by atoms with Gasteiger partial charge in [-0.3, -0.25) is 0 Å². The van der Waals surface area contributed by atoms with Crippen molar-refractivity contribution in [3.63, 3.8) is 0 Å². The molecule has 2 aromatic rings. The third-order valence-electron chi connectivity index (χ3n) is 2.58. The maximum atomic E-state index is 13.0. The molecular weight excluding hydrogens is 363 g/mol. The summed E-state index contributed by atoms with van der Waals surface area (Å²) >= 11 is 6.71. The molecule has 18 heavy (non-hydrogen) atoms. The Kier molecular flexibility index (Phi) is 4.40. The molecule has 2 rings (SSSR count). The van der Waals surface area contributed by atoms with E-state index >= 15 is 0 Å². The lowest BCUT2D eigenvalue weighted by atomic mass is 10.1. The van der Waals surface area contributed by atoms with Gasteiger partial charge in [0.15, 0.2) is 0 Å². The number of benzene rings is 2. The second-order valence-corrected chi connectivity index (χ2v) is 5.31. The van der Waals surface area contributed by atoms with Crippen molar-refractivity contribution in [2.45, 2.75) is 12.3 Å². The molecule has 0 saturated heterocycles. The monoisotopic (exact) mass is 372 g/mol. The Balaban J connectivity index is 2.26. The zero-order chi connectivity index (χ0) is 13.1. The van der Waals surface area contributed by atoms with Gasteiger partial charge in [-0.05, 0) is 64.3 Å². The van der Waals surface area contributed by atoms with E-state index in [-0.39, 0.29) is 5.82 Å². The van der Waals surface area contributed by atoms with Crippen LogP contribution < -0.4 is 4.74 Å². The average molecular weight is 374 g/mol. The van der Waals surface area contributed by atoms with Crippen molar-refractivity contribution < 1.29 is 9.13 Å². The molecule has 0 amide bonds. The molecule has 0 aliphatic carbocycles. The van der Waals surface area contributed by atoms with E-state index in [1.54, 1.807) is 6.07 Å². The van der Waals surface area contributed by atoms with Gasteiger partial charge >= 0.3 is 0 Å². The Morgan fingerprint density at radius 1 is 1.17 bits per heavy atom. The van der Waals surface area contributed by atoms with Crippen molar-refractivity contribution in [2.24, 2.45) is 0 Å². The fourth-order valence-electron chi connectivity index (χ4n) is 1.57. The third kappa shape index (κ3) is 3.12. The molecule has 0 N–H and O–H groups in total. The average Bonchev–Trinajstić information content (AvgIpc) is 2.33. The van der Waals surface area contributed by atoms with Gasteiger partial charge < -0.3 is 4.74 Å². The van der Waals surface area contributed by atoms with Gasteiger partial charge in [0.1, 0.15) is 17.3 Å². The molecule has 94 valence electrons. The topological polar surface area (TPSA) is 9.23 Å². The third-order valence-corrected chi connectivity index (χ3v) is 3.80. The predicted molar refractivity (Wildman–Crippen MR) is 78.0 cm³/mol. The van der Waals surface area contributed by atoms with E-state index in [0.29, 0.717) is 10.2 Å². The highest BCUT2D eigenvalue weighted by atomic mass is 79.9. The van der Waals surface area contributed by atoms with Gasteiger partial charge in [0.05, 0.1) is 4.47 Å². The Morgan fingerprint density at radius 3 is 2.56 bits per heavy atom. The molecule has 0 saturated carbocycles. The smallest absolute Gasteiger partial charge is 0.141 e. The zero-order valence-corrected chi connectivity index (χ0v) is 12.9. The molecule has 0 fully saturated rings. The number of ether oxygens (including phenoxy) is 1. The van der Waals surface area contributed by atoms with Crippen LogP contribution in [-0.2, 0) is 5.33 Å². The van der Waals surface area contributed by atoms with Gasteiger partial charge in [-0.25, -0.2) is 4.39 Å². The highest BCUT2D eigenvalue weighted by molar-refractivity contribution is 9.10. The minimum absolute atomic E-state index is 0.292. The zero-order valence-electron chi connectivity index (χ0n) is 9.71. The largest absolute Gasteiger partial charge is 0.456 e. The summed E-state index contributed by atoms with van der Waals surface area (Å²) in [5.41, 5.74) is 2.38. The van der Waals surface area contributed by atoms with E-state index in [4.69, 9.17) is 4.74 Å². The van der Waals surface area contributed by atoms with E-state index in [9.17, 15) is 4.39 Å². The summed E-state index contributed by atoms with van der Waals surface area (Å²) in [6.07, 6.45) is 0. The van der Waals surface area contributed by atoms with Gasteiger partial charge in [-0.15, -0.1) is 0 Å². The molecule has 0 unspecified atom stereocenters. The minimum Gasteiger partial charge on any atom is -0.456 e. The number of alkyl halides is 1. The Labute approximate surface area is 122 Å². The van der Waals surface area contributed by atoms with Crippen LogP contribution in [0, 0.1) is 12.7 Å². The van der Waals surface area contributed by atoms with Crippen molar-refractivity contribution >= 4 is 31.9 Å². The van der Waals surface area contributed by atoms with E-state index in [1.807, 2.05) is 25.1 Å². The van der Waals surface area contributed by atoms with Crippen molar-refractivity contribution in [3.8, 4) is 11.5 Å². The molecule has 1 nitrogen and oxygen atoms in total. The molecule has 0 heterocycles. The van der Waals surface area contributed by atoms with E-state index < -0.39 is 0 Å². The number of hydrogen-bond donors (Lipinski definition) is 0. The van der Waals surface area contributed by atoms with Crippen molar-refractivity contribution in [1.29, 1.82) is 0 Å². The summed E-state index contributed by atoms with van der Waals surface area (Å²) in [7, 11) is 0. The SMILES string of the molecule is Cc1cc(Oc2ccc(F)cc2Br)ccc1CBr. The van der Waals surface area contributed by atoms with Crippen LogP contribution in [0.25, 0.3) is 0 Å². The first-order chi connectivity index (χ1) is 8.60. The standard InChI is InChI=1S/C14H11Br2FO/c1-9-6-12(4-2-10(9)8-15)18-14-5-3-11(17)7-13(14)16/h2-7H,8H2,1H3. The van der Waals surface area contributed by atoms with Crippen molar-refractivity contribution in [3.05, 3.63) is 57.8 Å². The highest BCUT2D eigenvalue weighted by Crippen LogP contribution is 2.31. The van der Waals surface area contributed by atoms with Crippen LogP contribution in [0.4, 0.5) is 4.39 Å². The van der Waals surface area contributed by atoms with Crippen molar-refractivity contribution in [1.82, 2.24) is 0 Å². The van der Waals surface area contributed by atoms with Crippen LogP contribution in [0.15, 0.2) is 40.9 Å². The second kappa shape index (κ2) is 5.85. The normalized spacial score (nSPS) is 10.4. The van der Waals surface area contributed by atoms with Crippen LogP contribution in [0.2, 0.25) is 0 Å². The number of halogens is 3. The summed E-state index contributed by atoms with van der Waals surface area (Å²) in [6, 6.07) is 10.2. The Hall–Kier alpha value is -0.870. The first-order valence-corrected chi connectivity index (χ1v) is 7.30. The lowest BCUT2D eigenvalue weighted by Crippen LogP contribution is -1.89. The quantitative estimate of drug-likeness (QED) is 0.637. The molecule has 0 aliphatic heterocycles. The first kappa shape index (κ1) is 13.6. The van der Waals surface area contributed by atoms with Crippen LogP contribution in [0.3, 0.4) is 0 Å². The fraction of sp³-hybridized carbons (Fsp3) is 0.143. The molecule has 0 spiro atoms. The van der Waals surface area contributed by atoms with Crippen molar-refractivity contribution in [2.75, 3.05) is 0 Å². The number of aryl methyl sites for hydroxylation is 1. The molecule has 4 heteroatoms. The first-order valence-electron chi connectivity index (χ1n) is 5.38. The van der Waals surface area contributed by atoms with Crippen LogP contribution in [0.5, 0.6) is 11.5 Å². The molecule has 0 aromatic heterocycles. The summed E-state index contributed by atoms with van der Waals surface area (Å²) in [6.45, 7) is 2.03. The summed E-state index contributed by atoms with van der Waals surface area (Å²) in [5, 5.41) is 0.819. The second-order valence-electron chi connectivity index (χ2n) is 3.90. The van der Waals surface area contributed by atoms with Crippen LogP contribution >= 0.6 is 31.9 Å². The van der Waals surface area contributed by atoms with Gasteiger partial charge in [-0.2, -0.15) is 0 Å². The molecule has 0 bridgehead atoms. The van der Waals surface area contributed by atoms with Gasteiger partial charge in [0.25, 0.3) is 0 Å². The highest BCUT2D eigenvalue weighted by Gasteiger charge is 2.05. The minimum atomic E-state index is -0.292. The Morgan fingerprint density at radius 2 is 1.94 bits per heavy atom. The molecule has 2 aromatic carbocycles. The van der Waals surface area contributed by atoms with E-state index in [2.05, 4.69) is 31.9 Å². The molecule has 0 atom stereocenters. The molecule has 0 aliphatic rings. The molecule has 0 radical (unpaired) electrons. The van der Waals surface area contributed by atoms with Gasteiger partial charge in [0, 0.05) is 5.33 Å². The Bertz CT molecular complexity index is 570. The van der Waals surface area contributed by atoms with E-state index in [1.165, 1.54) is 17.7 Å². The maximum absolute atomic E-state index is 13.0. The van der Waals surface area contributed by atoms with Gasteiger partial charge in [-0.1, -0.05) is 22.0 Å². The number of hydrogen-bond acceptors (Lipinski definition) is 1. The predicted octanol–water partition coefficient (Wildman–Crippen LogP) is 5.58. The molecular formula is C14H11Br2FO. The lowest BCUT2D eigenvalue weighted by molar-refractivity contribution is 0.476.